The highest BCUT2D eigenvalue weighted by molar-refractivity contribution is 5.53. The van der Waals surface area contributed by atoms with Gasteiger partial charge in [0.2, 0.25) is 0 Å². The summed E-state index contributed by atoms with van der Waals surface area (Å²) in [5.74, 6) is 2.18. The van der Waals surface area contributed by atoms with Crippen LogP contribution < -0.4 is 5.32 Å². The van der Waals surface area contributed by atoms with Crippen molar-refractivity contribution < 1.29 is 0 Å². The highest BCUT2D eigenvalue weighted by Gasteiger charge is 2.19. The Morgan fingerprint density at radius 2 is 2.23 bits per heavy atom. The summed E-state index contributed by atoms with van der Waals surface area (Å²) in [6.45, 7) is 3.97. The van der Waals surface area contributed by atoms with E-state index in [0.29, 0.717) is 0 Å². The van der Waals surface area contributed by atoms with Gasteiger partial charge in [0.15, 0.2) is 0 Å². The lowest BCUT2D eigenvalue weighted by Crippen LogP contribution is -2.23. The van der Waals surface area contributed by atoms with Gasteiger partial charge >= 0.3 is 0 Å². The number of fused-ring (bicyclic) bond motifs is 2. The lowest BCUT2D eigenvalue weighted by Gasteiger charge is -2.18. The summed E-state index contributed by atoms with van der Waals surface area (Å²) in [4.78, 5) is 0. The van der Waals surface area contributed by atoms with Crippen molar-refractivity contribution in [1.82, 2.24) is 29.7 Å². The van der Waals surface area contributed by atoms with E-state index in [0.717, 1.165) is 36.7 Å². The molecule has 114 valence electrons. The van der Waals surface area contributed by atoms with Crippen LogP contribution in [0.4, 0.5) is 0 Å². The van der Waals surface area contributed by atoms with Crippen LogP contribution >= 0.6 is 0 Å². The first-order chi connectivity index (χ1) is 10.8. The van der Waals surface area contributed by atoms with Crippen LogP contribution in [0.3, 0.4) is 0 Å². The van der Waals surface area contributed by atoms with Gasteiger partial charge in [0, 0.05) is 31.3 Å². The zero-order valence-electron chi connectivity index (χ0n) is 12.7. The van der Waals surface area contributed by atoms with E-state index in [2.05, 4.69) is 38.2 Å². The van der Waals surface area contributed by atoms with Gasteiger partial charge in [0.25, 0.3) is 0 Å². The van der Waals surface area contributed by atoms with Gasteiger partial charge in [-0.2, -0.15) is 5.10 Å². The lowest BCUT2D eigenvalue weighted by molar-refractivity contribution is 0.465. The standard InChI is InChI=1S/C16H20N6/c1-12(16-20-19-15-7-3-4-8-21(15)16)17-10-13-11-18-22-9-5-2-6-14(13)22/h2,5-6,9,11-12,17H,3-4,7-8,10H2,1H3. The summed E-state index contributed by atoms with van der Waals surface area (Å²) in [5, 5.41) is 16.6. The third-order valence-electron chi connectivity index (χ3n) is 4.38. The van der Waals surface area contributed by atoms with Gasteiger partial charge in [0.1, 0.15) is 11.6 Å². The predicted octanol–water partition coefficient (Wildman–Crippen LogP) is 2.11. The Hall–Kier alpha value is -2.21. The van der Waals surface area contributed by atoms with E-state index < -0.39 is 0 Å². The summed E-state index contributed by atoms with van der Waals surface area (Å²) in [5.41, 5.74) is 2.34. The molecule has 6 nitrogen and oxygen atoms in total. The first-order valence-corrected chi connectivity index (χ1v) is 7.89. The molecule has 0 spiro atoms. The number of hydrogen-bond acceptors (Lipinski definition) is 4. The largest absolute Gasteiger partial charge is 0.314 e. The Balaban J connectivity index is 1.50. The molecule has 4 rings (SSSR count). The van der Waals surface area contributed by atoms with Crippen molar-refractivity contribution in [1.29, 1.82) is 0 Å². The molecule has 0 bridgehead atoms. The molecule has 1 aliphatic rings. The molecule has 1 atom stereocenters. The topological polar surface area (TPSA) is 60.0 Å². The normalized spacial score (nSPS) is 15.9. The number of aryl methyl sites for hydroxylation is 1. The molecule has 0 amide bonds. The van der Waals surface area contributed by atoms with E-state index in [-0.39, 0.29) is 6.04 Å². The van der Waals surface area contributed by atoms with Crippen molar-refractivity contribution in [3.8, 4) is 0 Å². The fourth-order valence-electron chi connectivity index (χ4n) is 3.13. The summed E-state index contributed by atoms with van der Waals surface area (Å²) in [7, 11) is 0. The summed E-state index contributed by atoms with van der Waals surface area (Å²) >= 11 is 0. The van der Waals surface area contributed by atoms with Crippen molar-refractivity contribution in [3.05, 3.63) is 47.8 Å². The van der Waals surface area contributed by atoms with E-state index in [1.807, 2.05) is 29.0 Å². The highest BCUT2D eigenvalue weighted by atomic mass is 15.3. The highest BCUT2D eigenvalue weighted by Crippen LogP contribution is 2.19. The molecule has 4 heterocycles. The van der Waals surface area contributed by atoms with Crippen LogP contribution in [0.15, 0.2) is 30.6 Å². The van der Waals surface area contributed by atoms with Crippen LogP contribution in [0.2, 0.25) is 0 Å². The van der Waals surface area contributed by atoms with Gasteiger partial charge in [-0.1, -0.05) is 6.07 Å². The molecule has 0 fully saturated rings. The summed E-state index contributed by atoms with van der Waals surface area (Å²) < 4.78 is 4.18. The molecule has 3 aromatic rings. The fraction of sp³-hybridized carbons (Fsp3) is 0.438. The molecule has 22 heavy (non-hydrogen) atoms. The van der Waals surface area contributed by atoms with Crippen molar-refractivity contribution >= 4 is 5.52 Å². The first kappa shape index (κ1) is 13.5. The number of hydrogen-bond donors (Lipinski definition) is 1. The third-order valence-corrected chi connectivity index (χ3v) is 4.38. The predicted molar refractivity (Wildman–Crippen MR) is 83.4 cm³/mol. The monoisotopic (exact) mass is 296 g/mol. The minimum atomic E-state index is 0.179. The fourth-order valence-corrected chi connectivity index (χ4v) is 3.13. The van der Waals surface area contributed by atoms with Crippen molar-refractivity contribution in [2.24, 2.45) is 0 Å². The zero-order valence-corrected chi connectivity index (χ0v) is 12.7. The van der Waals surface area contributed by atoms with Gasteiger partial charge in [-0.3, -0.25) is 0 Å². The minimum Gasteiger partial charge on any atom is -0.314 e. The molecule has 0 aromatic carbocycles. The van der Waals surface area contributed by atoms with E-state index in [1.165, 1.54) is 18.4 Å². The van der Waals surface area contributed by atoms with Gasteiger partial charge in [0.05, 0.1) is 17.8 Å². The van der Waals surface area contributed by atoms with E-state index in [4.69, 9.17) is 0 Å². The Morgan fingerprint density at radius 3 is 3.18 bits per heavy atom. The third kappa shape index (κ3) is 2.29. The zero-order chi connectivity index (χ0) is 14.9. The lowest BCUT2D eigenvalue weighted by atomic mass is 10.1. The van der Waals surface area contributed by atoms with E-state index in [1.54, 1.807) is 0 Å². The van der Waals surface area contributed by atoms with Gasteiger partial charge in [-0.05, 0) is 31.9 Å². The van der Waals surface area contributed by atoms with Crippen molar-refractivity contribution in [2.75, 3.05) is 0 Å². The van der Waals surface area contributed by atoms with Crippen molar-refractivity contribution in [3.63, 3.8) is 0 Å². The Morgan fingerprint density at radius 1 is 1.27 bits per heavy atom. The molecule has 0 radical (unpaired) electrons. The van der Waals surface area contributed by atoms with Crippen molar-refractivity contribution in [2.45, 2.75) is 45.3 Å². The van der Waals surface area contributed by atoms with Gasteiger partial charge < -0.3 is 9.88 Å². The average Bonchev–Trinajstić information content (AvgIpc) is 3.17. The molecule has 3 aromatic heterocycles. The average molecular weight is 296 g/mol. The summed E-state index contributed by atoms with van der Waals surface area (Å²) in [6, 6.07) is 6.30. The molecule has 0 aliphatic carbocycles. The second-order valence-corrected chi connectivity index (χ2v) is 5.89. The minimum absolute atomic E-state index is 0.179. The van der Waals surface area contributed by atoms with Crippen LogP contribution in [-0.2, 0) is 19.5 Å². The van der Waals surface area contributed by atoms with Gasteiger partial charge in [-0.25, -0.2) is 4.52 Å². The maximum atomic E-state index is 4.39. The second kappa shape index (κ2) is 5.53. The van der Waals surface area contributed by atoms with E-state index in [9.17, 15) is 0 Å². The Bertz CT molecular complexity index is 787. The van der Waals surface area contributed by atoms with Crippen LogP contribution in [-0.4, -0.2) is 24.4 Å². The maximum absolute atomic E-state index is 4.39. The number of nitrogens with zero attached hydrogens (tertiary/aromatic N) is 5. The number of pyridine rings is 1. The number of nitrogens with one attached hydrogen (secondary N) is 1. The molecule has 6 heteroatoms. The number of aromatic nitrogens is 5. The van der Waals surface area contributed by atoms with Crippen LogP contribution in [0, 0.1) is 0 Å². The number of rotatable bonds is 4. The maximum Gasteiger partial charge on any atom is 0.149 e. The van der Waals surface area contributed by atoms with Crippen LogP contribution in [0.25, 0.3) is 5.52 Å². The molecule has 1 N–H and O–H groups in total. The Labute approximate surface area is 129 Å². The molecular weight excluding hydrogens is 276 g/mol. The molecule has 0 saturated carbocycles. The smallest absolute Gasteiger partial charge is 0.149 e. The summed E-state index contributed by atoms with van der Waals surface area (Å²) in [6.07, 6.45) is 7.39. The SMILES string of the molecule is CC(NCc1cnn2ccccc12)c1nnc2n1CCCC2. The second-order valence-electron chi connectivity index (χ2n) is 5.89. The quantitative estimate of drug-likeness (QED) is 0.801. The van der Waals surface area contributed by atoms with Crippen LogP contribution in [0.1, 0.15) is 43.0 Å². The molecule has 1 unspecified atom stereocenters. The van der Waals surface area contributed by atoms with Gasteiger partial charge in [-0.15, -0.1) is 10.2 Å². The molecule has 0 saturated heterocycles. The van der Waals surface area contributed by atoms with Crippen LogP contribution in [0.5, 0.6) is 0 Å². The molecule has 1 aliphatic heterocycles. The first-order valence-electron chi connectivity index (χ1n) is 7.89. The Kier molecular flexibility index (Phi) is 3.38. The van der Waals surface area contributed by atoms with E-state index >= 15 is 0 Å². The molecular formula is C16H20N6.